The van der Waals surface area contributed by atoms with Crippen LogP contribution in [0.3, 0.4) is 0 Å². The van der Waals surface area contributed by atoms with Crippen molar-refractivity contribution in [1.29, 1.82) is 0 Å². The van der Waals surface area contributed by atoms with E-state index < -0.39 is 29.8 Å². The number of rotatable bonds is 14. The topological polar surface area (TPSA) is 148 Å². The largest absolute Gasteiger partial charge is 0.507 e. The molecule has 10 heteroatoms. The molecule has 0 unspecified atom stereocenters. The number of nitrogens with zero attached hydrogens (tertiary/aromatic N) is 2. The fourth-order valence-electron chi connectivity index (χ4n) is 6.56. The molecule has 2 amide bonds. The summed E-state index contributed by atoms with van der Waals surface area (Å²) in [6.45, 7) is 3.84. The van der Waals surface area contributed by atoms with Gasteiger partial charge in [-0.2, -0.15) is 0 Å². The lowest BCUT2D eigenvalue weighted by molar-refractivity contribution is -0.141. The first-order valence-electron chi connectivity index (χ1n) is 15.2. The summed E-state index contributed by atoms with van der Waals surface area (Å²) in [5.41, 5.74) is 3.65. The molecule has 0 radical (unpaired) electrons. The van der Waals surface area contributed by atoms with Crippen LogP contribution in [0.5, 0.6) is 5.75 Å². The maximum absolute atomic E-state index is 13.6. The molecular formula is C34H41BrN2O7. The molecule has 9 nitrogen and oxygen atoms in total. The number of carboxylic acids is 1. The second-order valence-corrected chi connectivity index (χ2v) is 12.9. The van der Waals surface area contributed by atoms with Crippen molar-refractivity contribution in [3.63, 3.8) is 0 Å². The minimum absolute atomic E-state index is 0.00737. The summed E-state index contributed by atoms with van der Waals surface area (Å²) in [4.78, 5) is 43.6. The zero-order valence-electron chi connectivity index (χ0n) is 25.2. The number of unbranched alkanes of at least 4 members (excludes halogenated alkanes) is 2. The Hall–Kier alpha value is -3.34. The number of carboxylic acid groups (broad SMARTS) is 1. The molecule has 0 saturated carbocycles. The number of phenols is 1. The zero-order valence-corrected chi connectivity index (χ0v) is 26.7. The van der Waals surface area contributed by atoms with E-state index in [2.05, 4.69) is 20.9 Å². The SMILES string of the molecule is CC(C)C1=C([C@H](O)CC/C(=C/c2cc(Br)ccc2O)c2ccccn2)[C@H](CO)[C@@H]2C(=O)N(CCCCCC(=O)O)C(=O)[C@@H]2C1. The maximum Gasteiger partial charge on any atom is 0.303 e. The predicted molar refractivity (Wildman–Crippen MR) is 170 cm³/mol. The smallest absolute Gasteiger partial charge is 0.303 e. The number of carbonyl (C=O) groups excluding carboxylic acids is 2. The molecule has 2 aliphatic rings. The molecule has 2 heterocycles. The van der Waals surface area contributed by atoms with E-state index in [0.717, 1.165) is 15.6 Å². The van der Waals surface area contributed by atoms with Gasteiger partial charge < -0.3 is 20.4 Å². The Labute approximate surface area is 266 Å². The number of benzene rings is 1. The van der Waals surface area contributed by atoms with Crippen LogP contribution in [0.15, 0.2) is 58.2 Å². The number of halogens is 1. The Morgan fingerprint density at radius 2 is 1.89 bits per heavy atom. The molecule has 1 aliphatic heterocycles. The quantitative estimate of drug-likeness (QED) is 0.118. The summed E-state index contributed by atoms with van der Waals surface area (Å²) < 4.78 is 0.807. The number of carbonyl (C=O) groups is 3. The van der Waals surface area contributed by atoms with Gasteiger partial charge in [0.2, 0.25) is 11.8 Å². The second-order valence-electron chi connectivity index (χ2n) is 11.9. The van der Waals surface area contributed by atoms with Crippen molar-refractivity contribution in [2.75, 3.05) is 13.2 Å². The Balaban J connectivity index is 1.58. The van der Waals surface area contributed by atoms with Gasteiger partial charge in [0.15, 0.2) is 0 Å². The van der Waals surface area contributed by atoms with Crippen molar-refractivity contribution in [1.82, 2.24) is 9.88 Å². The van der Waals surface area contributed by atoms with E-state index in [9.17, 15) is 29.7 Å². The van der Waals surface area contributed by atoms with Gasteiger partial charge in [0.05, 0.1) is 30.2 Å². The van der Waals surface area contributed by atoms with Gasteiger partial charge in [0, 0.05) is 35.1 Å². The van der Waals surface area contributed by atoms with Gasteiger partial charge in [-0.1, -0.05) is 47.8 Å². The van der Waals surface area contributed by atoms with Gasteiger partial charge >= 0.3 is 5.97 Å². The molecule has 1 aliphatic carbocycles. The molecule has 1 aromatic carbocycles. The summed E-state index contributed by atoms with van der Waals surface area (Å²) in [5, 5.41) is 41.7. The number of aromatic hydroxyl groups is 1. The summed E-state index contributed by atoms with van der Waals surface area (Å²) in [6.07, 6.45) is 5.22. The number of aliphatic carboxylic acids is 1. The normalized spacial score (nSPS) is 21.3. The minimum Gasteiger partial charge on any atom is -0.507 e. The van der Waals surface area contributed by atoms with Crippen LogP contribution in [0.1, 0.15) is 70.1 Å². The van der Waals surface area contributed by atoms with Crippen molar-refractivity contribution in [3.8, 4) is 5.75 Å². The Kier molecular flexibility index (Phi) is 11.5. The van der Waals surface area contributed by atoms with E-state index in [1.807, 2.05) is 38.1 Å². The molecule has 236 valence electrons. The molecule has 1 saturated heterocycles. The predicted octanol–water partition coefficient (Wildman–Crippen LogP) is 5.44. The molecule has 1 aromatic heterocycles. The number of pyridine rings is 1. The number of imide groups is 1. The number of likely N-dealkylation sites (tertiary alicyclic amines) is 1. The molecule has 4 rings (SSSR count). The molecule has 4 N–H and O–H groups in total. The van der Waals surface area contributed by atoms with E-state index in [4.69, 9.17) is 5.11 Å². The highest BCUT2D eigenvalue weighted by molar-refractivity contribution is 9.10. The molecule has 44 heavy (non-hydrogen) atoms. The van der Waals surface area contributed by atoms with E-state index >= 15 is 0 Å². The molecule has 0 bridgehead atoms. The standard InChI is InChI=1S/C34H41BrN2O7/c1-20(2)24-18-25-32(34(44)37(33(25)43)15-7-3-4-9-30(41)42)26(19-38)31(24)29(40)12-10-21(27-8-5-6-14-36-27)16-22-17-23(35)11-13-28(22)39/h5-6,8,11,13-14,16-17,20,25-26,29,32,38-40H,3-4,7,9-10,12,15,18-19H2,1-2H3,(H,41,42)/b21-16-/t25-,26+,29-,32-/m1/s1. The van der Waals surface area contributed by atoms with Gasteiger partial charge in [-0.15, -0.1) is 0 Å². The number of allylic oxidation sites excluding steroid dienone is 2. The number of phenolic OH excluding ortho intramolecular Hbond substituents is 1. The van der Waals surface area contributed by atoms with Gasteiger partial charge in [0.25, 0.3) is 0 Å². The van der Waals surface area contributed by atoms with Crippen molar-refractivity contribution < 1.29 is 34.8 Å². The first kappa shape index (κ1) is 33.6. The van der Waals surface area contributed by atoms with Gasteiger partial charge in [-0.25, -0.2) is 0 Å². The van der Waals surface area contributed by atoms with Gasteiger partial charge in [0.1, 0.15) is 5.75 Å². The van der Waals surface area contributed by atoms with Crippen molar-refractivity contribution >= 4 is 45.4 Å². The third-order valence-corrected chi connectivity index (χ3v) is 9.23. The van der Waals surface area contributed by atoms with Crippen LogP contribution >= 0.6 is 15.9 Å². The van der Waals surface area contributed by atoms with Gasteiger partial charge in [-0.3, -0.25) is 24.3 Å². The Bertz CT molecular complexity index is 1420. The van der Waals surface area contributed by atoms with E-state index in [1.54, 1.807) is 24.4 Å². The second kappa shape index (κ2) is 15.1. The van der Waals surface area contributed by atoms with E-state index in [-0.39, 0.29) is 49.5 Å². The van der Waals surface area contributed by atoms with Crippen LogP contribution in [0.25, 0.3) is 11.6 Å². The Morgan fingerprint density at radius 1 is 1.11 bits per heavy atom. The van der Waals surface area contributed by atoms with Crippen LogP contribution in [0.2, 0.25) is 0 Å². The lowest BCUT2D eigenvalue weighted by Gasteiger charge is -2.38. The monoisotopic (exact) mass is 668 g/mol. The number of aromatic nitrogens is 1. The fourth-order valence-corrected chi connectivity index (χ4v) is 6.94. The summed E-state index contributed by atoms with van der Waals surface area (Å²) >= 11 is 3.45. The van der Waals surface area contributed by atoms with Crippen LogP contribution in [-0.4, -0.2) is 67.3 Å². The van der Waals surface area contributed by atoms with E-state index in [0.29, 0.717) is 48.9 Å². The first-order chi connectivity index (χ1) is 21.0. The number of amides is 2. The molecule has 1 fully saturated rings. The summed E-state index contributed by atoms with van der Waals surface area (Å²) in [5.74, 6) is -3.37. The number of aliphatic hydroxyl groups is 2. The van der Waals surface area contributed by atoms with Crippen LogP contribution in [-0.2, 0) is 14.4 Å². The lowest BCUT2D eigenvalue weighted by Crippen LogP contribution is -2.40. The van der Waals surface area contributed by atoms with Crippen molar-refractivity contribution in [2.45, 2.75) is 64.9 Å². The minimum atomic E-state index is -0.971. The summed E-state index contributed by atoms with van der Waals surface area (Å²) in [6, 6.07) is 10.7. The fraction of sp³-hybridized carbons (Fsp3) is 0.471. The van der Waals surface area contributed by atoms with Crippen LogP contribution in [0, 0.1) is 23.7 Å². The third-order valence-electron chi connectivity index (χ3n) is 8.74. The van der Waals surface area contributed by atoms with Crippen molar-refractivity contribution in [3.05, 3.63) is 69.5 Å². The van der Waals surface area contributed by atoms with Crippen molar-refractivity contribution in [2.24, 2.45) is 23.7 Å². The lowest BCUT2D eigenvalue weighted by atomic mass is 9.66. The number of hydrogen-bond acceptors (Lipinski definition) is 7. The highest BCUT2D eigenvalue weighted by Crippen LogP contribution is 2.48. The highest BCUT2D eigenvalue weighted by atomic mass is 79.9. The number of fused-ring (bicyclic) bond motifs is 1. The number of hydrogen-bond donors (Lipinski definition) is 4. The summed E-state index contributed by atoms with van der Waals surface area (Å²) in [7, 11) is 0. The molecular weight excluding hydrogens is 628 g/mol. The maximum atomic E-state index is 13.6. The molecule has 0 spiro atoms. The van der Waals surface area contributed by atoms with Gasteiger partial charge in [-0.05, 0) is 85.6 Å². The van der Waals surface area contributed by atoms with E-state index in [1.165, 1.54) is 4.90 Å². The third kappa shape index (κ3) is 7.65. The Morgan fingerprint density at radius 3 is 2.55 bits per heavy atom. The average molecular weight is 670 g/mol. The molecule has 2 aromatic rings. The zero-order chi connectivity index (χ0) is 32.0. The number of aliphatic hydroxyl groups excluding tert-OH is 2. The van der Waals surface area contributed by atoms with Crippen LogP contribution < -0.4 is 0 Å². The van der Waals surface area contributed by atoms with Crippen LogP contribution in [0.4, 0.5) is 0 Å². The molecule has 4 atom stereocenters. The first-order valence-corrected chi connectivity index (χ1v) is 16.0. The average Bonchev–Trinajstić information content (AvgIpc) is 3.24. The highest BCUT2D eigenvalue weighted by Gasteiger charge is 2.54.